The van der Waals surface area contributed by atoms with E-state index in [0.717, 1.165) is 6.54 Å². The summed E-state index contributed by atoms with van der Waals surface area (Å²) in [6.07, 6.45) is 1.60. The van der Waals surface area contributed by atoms with Gasteiger partial charge in [0.15, 0.2) is 5.82 Å². The molecule has 0 amide bonds. The van der Waals surface area contributed by atoms with Crippen molar-refractivity contribution in [3.8, 4) is 11.4 Å². The maximum atomic E-state index is 13.4. The van der Waals surface area contributed by atoms with Crippen molar-refractivity contribution in [3.05, 3.63) is 36.4 Å². The van der Waals surface area contributed by atoms with Crippen LogP contribution in [0, 0.1) is 5.82 Å². The fraction of sp³-hybridized carbons (Fsp3) is 0.200. The maximum absolute atomic E-state index is 13.4. The molecular formula is C10H10FN3. The van der Waals surface area contributed by atoms with Gasteiger partial charge in [0.2, 0.25) is 0 Å². The van der Waals surface area contributed by atoms with Gasteiger partial charge in [0, 0.05) is 6.54 Å². The lowest BCUT2D eigenvalue weighted by Gasteiger charge is -2.03. The molecule has 0 atom stereocenters. The molecule has 0 aliphatic carbocycles. The lowest BCUT2D eigenvalue weighted by molar-refractivity contribution is 0.627. The highest BCUT2D eigenvalue weighted by Crippen LogP contribution is 2.19. The molecule has 72 valence electrons. The molecule has 0 unspecified atom stereocenters. The van der Waals surface area contributed by atoms with Crippen molar-refractivity contribution in [1.82, 2.24) is 14.8 Å². The highest BCUT2D eigenvalue weighted by Gasteiger charge is 2.09. The molecule has 0 spiro atoms. The van der Waals surface area contributed by atoms with Crippen molar-refractivity contribution in [2.45, 2.75) is 13.5 Å². The topological polar surface area (TPSA) is 30.7 Å². The Balaban J connectivity index is 2.54. The zero-order chi connectivity index (χ0) is 9.97. The van der Waals surface area contributed by atoms with Gasteiger partial charge in [-0.15, -0.1) is 10.2 Å². The summed E-state index contributed by atoms with van der Waals surface area (Å²) in [5, 5.41) is 7.65. The van der Waals surface area contributed by atoms with Gasteiger partial charge in [-0.1, -0.05) is 12.1 Å². The van der Waals surface area contributed by atoms with E-state index in [1.165, 1.54) is 6.07 Å². The van der Waals surface area contributed by atoms with Gasteiger partial charge >= 0.3 is 0 Å². The Bertz CT molecular complexity index is 436. The smallest absolute Gasteiger partial charge is 0.166 e. The molecule has 2 aromatic rings. The standard InChI is InChI=1S/C10H10FN3/c1-2-14-7-12-13-10(14)8-5-3-4-6-9(8)11/h3-7H,2H2,1H3. The minimum atomic E-state index is -0.268. The van der Waals surface area contributed by atoms with Gasteiger partial charge < -0.3 is 4.57 Å². The summed E-state index contributed by atoms with van der Waals surface area (Å²) in [5.41, 5.74) is 0.492. The van der Waals surface area contributed by atoms with E-state index in [-0.39, 0.29) is 5.82 Å². The van der Waals surface area contributed by atoms with E-state index in [4.69, 9.17) is 0 Å². The molecule has 3 nitrogen and oxygen atoms in total. The van der Waals surface area contributed by atoms with Crippen LogP contribution in [0.15, 0.2) is 30.6 Å². The Morgan fingerprint density at radius 1 is 1.36 bits per heavy atom. The summed E-state index contributed by atoms with van der Waals surface area (Å²) < 4.78 is 15.2. The van der Waals surface area contributed by atoms with Crippen LogP contribution < -0.4 is 0 Å². The van der Waals surface area contributed by atoms with Gasteiger partial charge in [-0.2, -0.15) is 0 Å². The fourth-order valence-corrected chi connectivity index (χ4v) is 1.34. The molecule has 1 aromatic carbocycles. The predicted molar refractivity (Wildman–Crippen MR) is 51.1 cm³/mol. The number of halogens is 1. The van der Waals surface area contributed by atoms with E-state index in [9.17, 15) is 4.39 Å². The van der Waals surface area contributed by atoms with Gasteiger partial charge in [0.25, 0.3) is 0 Å². The molecule has 0 N–H and O–H groups in total. The normalized spacial score (nSPS) is 10.4. The average molecular weight is 191 g/mol. The quantitative estimate of drug-likeness (QED) is 0.727. The minimum absolute atomic E-state index is 0.268. The first-order valence-corrected chi connectivity index (χ1v) is 4.45. The number of hydrogen-bond acceptors (Lipinski definition) is 2. The maximum Gasteiger partial charge on any atom is 0.166 e. The lowest BCUT2D eigenvalue weighted by Crippen LogP contribution is -1.97. The number of hydrogen-bond donors (Lipinski definition) is 0. The number of benzene rings is 1. The highest BCUT2D eigenvalue weighted by atomic mass is 19.1. The zero-order valence-corrected chi connectivity index (χ0v) is 7.81. The lowest BCUT2D eigenvalue weighted by atomic mass is 10.2. The average Bonchev–Trinajstić information content (AvgIpc) is 2.66. The van der Waals surface area contributed by atoms with Crippen LogP contribution in [0.1, 0.15) is 6.92 Å². The number of aromatic nitrogens is 3. The van der Waals surface area contributed by atoms with Gasteiger partial charge in [0.05, 0.1) is 5.56 Å². The second kappa shape index (κ2) is 3.57. The first-order chi connectivity index (χ1) is 6.83. The van der Waals surface area contributed by atoms with Crippen molar-refractivity contribution < 1.29 is 4.39 Å². The Morgan fingerprint density at radius 3 is 2.86 bits per heavy atom. The van der Waals surface area contributed by atoms with Crippen LogP contribution in [0.3, 0.4) is 0 Å². The van der Waals surface area contributed by atoms with Crippen LogP contribution in [0.2, 0.25) is 0 Å². The van der Waals surface area contributed by atoms with Gasteiger partial charge in [-0.05, 0) is 19.1 Å². The molecule has 1 heterocycles. The molecule has 4 heteroatoms. The monoisotopic (exact) mass is 191 g/mol. The van der Waals surface area contributed by atoms with Crippen LogP contribution in [-0.4, -0.2) is 14.8 Å². The summed E-state index contributed by atoms with van der Waals surface area (Å²) in [6, 6.07) is 6.56. The molecule has 2 rings (SSSR count). The first-order valence-electron chi connectivity index (χ1n) is 4.45. The van der Waals surface area contributed by atoms with E-state index in [1.54, 1.807) is 29.1 Å². The molecule has 0 bridgehead atoms. The Morgan fingerprint density at radius 2 is 2.14 bits per heavy atom. The van der Waals surface area contributed by atoms with Crippen LogP contribution in [0.4, 0.5) is 4.39 Å². The van der Waals surface area contributed by atoms with Crippen molar-refractivity contribution in [1.29, 1.82) is 0 Å². The van der Waals surface area contributed by atoms with Crippen molar-refractivity contribution >= 4 is 0 Å². The van der Waals surface area contributed by atoms with Crippen LogP contribution in [0.5, 0.6) is 0 Å². The highest BCUT2D eigenvalue weighted by molar-refractivity contribution is 5.55. The summed E-state index contributed by atoms with van der Waals surface area (Å²) >= 11 is 0. The van der Waals surface area contributed by atoms with Crippen molar-refractivity contribution in [2.24, 2.45) is 0 Å². The molecule has 14 heavy (non-hydrogen) atoms. The number of aryl methyl sites for hydroxylation is 1. The first kappa shape index (κ1) is 8.87. The molecule has 0 fully saturated rings. The van der Waals surface area contributed by atoms with Crippen LogP contribution >= 0.6 is 0 Å². The third kappa shape index (κ3) is 1.39. The van der Waals surface area contributed by atoms with Gasteiger partial charge in [0.1, 0.15) is 12.1 Å². The molecule has 0 aliphatic heterocycles. The molecule has 0 saturated heterocycles. The summed E-state index contributed by atoms with van der Waals surface area (Å²) in [7, 11) is 0. The van der Waals surface area contributed by atoms with Crippen molar-refractivity contribution in [3.63, 3.8) is 0 Å². The Hall–Kier alpha value is -1.71. The molecule has 0 aliphatic rings. The minimum Gasteiger partial charge on any atom is -0.314 e. The second-order valence-electron chi connectivity index (χ2n) is 2.92. The molecular weight excluding hydrogens is 181 g/mol. The zero-order valence-electron chi connectivity index (χ0n) is 7.81. The van der Waals surface area contributed by atoms with E-state index in [0.29, 0.717) is 11.4 Å². The number of rotatable bonds is 2. The predicted octanol–water partition coefficient (Wildman–Crippen LogP) is 2.10. The second-order valence-corrected chi connectivity index (χ2v) is 2.92. The van der Waals surface area contributed by atoms with E-state index < -0.39 is 0 Å². The summed E-state index contributed by atoms with van der Waals surface area (Å²) in [4.78, 5) is 0. The van der Waals surface area contributed by atoms with E-state index in [2.05, 4.69) is 10.2 Å². The molecule has 0 radical (unpaired) electrons. The fourth-order valence-electron chi connectivity index (χ4n) is 1.34. The third-order valence-electron chi connectivity index (χ3n) is 2.07. The third-order valence-corrected chi connectivity index (χ3v) is 2.07. The van der Waals surface area contributed by atoms with Crippen molar-refractivity contribution in [2.75, 3.05) is 0 Å². The summed E-state index contributed by atoms with van der Waals surface area (Å²) in [5.74, 6) is 0.306. The van der Waals surface area contributed by atoms with Crippen LogP contribution in [0.25, 0.3) is 11.4 Å². The Labute approximate surface area is 81.2 Å². The van der Waals surface area contributed by atoms with Gasteiger partial charge in [-0.25, -0.2) is 4.39 Å². The molecule has 0 saturated carbocycles. The molecule has 1 aromatic heterocycles. The number of nitrogens with zero attached hydrogens (tertiary/aromatic N) is 3. The van der Waals surface area contributed by atoms with E-state index >= 15 is 0 Å². The SMILES string of the molecule is CCn1cnnc1-c1ccccc1F. The van der Waals surface area contributed by atoms with Gasteiger partial charge in [-0.3, -0.25) is 0 Å². The van der Waals surface area contributed by atoms with Crippen LogP contribution in [-0.2, 0) is 6.54 Å². The largest absolute Gasteiger partial charge is 0.314 e. The summed E-state index contributed by atoms with van der Waals surface area (Å²) in [6.45, 7) is 2.70. The Kier molecular flexibility index (Phi) is 2.26. The van der Waals surface area contributed by atoms with E-state index in [1.807, 2.05) is 6.92 Å².